The number of aromatic nitrogens is 1. The van der Waals surface area contributed by atoms with Gasteiger partial charge in [-0.2, -0.15) is 5.26 Å². The van der Waals surface area contributed by atoms with E-state index in [1.54, 1.807) is 17.3 Å². The van der Waals surface area contributed by atoms with Gasteiger partial charge >= 0.3 is 0 Å². The highest BCUT2D eigenvalue weighted by molar-refractivity contribution is 5.90. The average Bonchev–Trinajstić information content (AvgIpc) is 3.29. The van der Waals surface area contributed by atoms with E-state index in [1.165, 1.54) is 0 Å². The van der Waals surface area contributed by atoms with Crippen LogP contribution in [0.5, 0.6) is 0 Å². The molecule has 2 saturated heterocycles. The lowest BCUT2D eigenvalue weighted by molar-refractivity contribution is -0.140. The maximum absolute atomic E-state index is 12.8. The van der Waals surface area contributed by atoms with Crippen LogP contribution in [-0.2, 0) is 16.1 Å². The zero-order valence-corrected chi connectivity index (χ0v) is 13.5. The van der Waals surface area contributed by atoms with Crippen LogP contribution in [0.2, 0.25) is 0 Å². The molecule has 2 atom stereocenters. The number of nitriles is 1. The number of amides is 2. The summed E-state index contributed by atoms with van der Waals surface area (Å²) in [7, 11) is 0. The summed E-state index contributed by atoms with van der Waals surface area (Å²) in [5, 5.41) is 9.23. The fourth-order valence-electron chi connectivity index (χ4n) is 3.95. The lowest BCUT2D eigenvalue weighted by Crippen LogP contribution is -2.44. The van der Waals surface area contributed by atoms with E-state index in [4.69, 9.17) is 0 Å². The second kappa shape index (κ2) is 5.59. The fourth-order valence-corrected chi connectivity index (χ4v) is 3.95. The second-order valence-electron chi connectivity index (χ2n) is 7.18. The molecule has 4 rings (SSSR count). The van der Waals surface area contributed by atoms with Crippen LogP contribution < -0.4 is 0 Å². The minimum absolute atomic E-state index is 0.0639. The molecule has 0 aromatic carbocycles. The number of hydrogen-bond donors (Lipinski definition) is 0. The summed E-state index contributed by atoms with van der Waals surface area (Å²) in [6.07, 6.45) is 5.75. The Bertz CT molecular complexity index is 707. The Kier molecular flexibility index (Phi) is 3.52. The van der Waals surface area contributed by atoms with Crippen LogP contribution in [-0.4, -0.2) is 46.2 Å². The number of piperidine rings is 1. The van der Waals surface area contributed by atoms with Crippen LogP contribution in [0.4, 0.5) is 0 Å². The molecule has 3 heterocycles. The van der Waals surface area contributed by atoms with Gasteiger partial charge in [-0.05, 0) is 36.8 Å². The number of fused-ring (bicyclic) bond motifs is 1. The molecule has 0 bridgehead atoms. The zero-order valence-electron chi connectivity index (χ0n) is 13.5. The van der Waals surface area contributed by atoms with Gasteiger partial charge in [0.05, 0.1) is 12.0 Å². The molecule has 1 aromatic heterocycles. The first-order chi connectivity index (χ1) is 11.6. The van der Waals surface area contributed by atoms with Crippen molar-refractivity contribution in [1.82, 2.24) is 14.8 Å². The van der Waals surface area contributed by atoms with Gasteiger partial charge in [-0.15, -0.1) is 0 Å². The Morgan fingerprint density at radius 1 is 1.42 bits per heavy atom. The summed E-state index contributed by atoms with van der Waals surface area (Å²) in [6, 6.07) is 6.02. The minimum atomic E-state index is -0.786. The highest BCUT2D eigenvalue weighted by Crippen LogP contribution is 2.48. The fraction of sp³-hybridized carbons (Fsp3) is 0.556. The third kappa shape index (κ3) is 2.44. The summed E-state index contributed by atoms with van der Waals surface area (Å²) in [5.41, 5.74) is 0.239. The Hall–Kier alpha value is -2.42. The van der Waals surface area contributed by atoms with Crippen LogP contribution in [0, 0.1) is 28.6 Å². The molecule has 124 valence electrons. The topological polar surface area (TPSA) is 77.3 Å². The predicted octanol–water partition coefficient (Wildman–Crippen LogP) is 1.19. The maximum atomic E-state index is 12.8. The number of carbonyl (C=O) groups is 2. The summed E-state index contributed by atoms with van der Waals surface area (Å²) in [5.74, 6) is 0.188. The van der Waals surface area contributed by atoms with E-state index < -0.39 is 5.41 Å². The molecule has 0 unspecified atom stereocenters. The first-order valence-electron chi connectivity index (χ1n) is 8.51. The zero-order chi connectivity index (χ0) is 16.7. The van der Waals surface area contributed by atoms with Gasteiger partial charge in [0.2, 0.25) is 11.8 Å². The molecule has 6 nitrogen and oxygen atoms in total. The van der Waals surface area contributed by atoms with Gasteiger partial charge in [0.15, 0.2) is 0 Å². The van der Waals surface area contributed by atoms with Gasteiger partial charge in [-0.3, -0.25) is 14.6 Å². The summed E-state index contributed by atoms with van der Waals surface area (Å²) in [4.78, 5) is 33.1. The molecule has 1 aromatic rings. The smallest absolute Gasteiger partial charge is 0.243 e. The normalized spacial score (nSPS) is 27.5. The number of nitrogens with zero attached hydrogens (tertiary/aromatic N) is 4. The minimum Gasteiger partial charge on any atom is -0.340 e. The van der Waals surface area contributed by atoms with Crippen molar-refractivity contribution in [2.45, 2.75) is 25.8 Å². The highest BCUT2D eigenvalue weighted by atomic mass is 16.2. The second-order valence-corrected chi connectivity index (χ2v) is 7.18. The van der Waals surface area contributed by atoms with Gasteiger partial charge in [-0.25, -0.2) is 0 Å². The van der Waals surface area contributed by atoms with Gasteiger partial charge < -0.3 is 9.80 Å². The number of pyridine rings is 1. The summed E-state index contributed by atoms with van der Waals surface area (Å²) >= 11 is 0. The Labute approximate surface area is 141 Å². The molecule has 0 radical (unpaired) electrons. The third-order valence-electron chi connectivity index (χ3n) is 5.60. The van der Waals surface area contributed by atoms with Crippen molar-refractivity contribution < 1.29 is 9.59 Å². The molecule has 6 heteroatoms. The standard InChI is InChI=1S/C18H20N4O2/c19-12-18(4-5-18)17(24)22-10-14-3-7-21(16(23)15(14)11-22)9-13-2-1-6-20-8-13/h1-2,6,8,14-15H,3-5,7,9-11H2/t14-,15+/m0/s1. The third-order valence-corrected chi connectivity index (χ3v) is 5.60. The van der Waals surface area contributed by atoms with Crippen molar-refractivity contribution in [3.8, 4) is 6.07 Å². The molecular weight excluding hydrogens is 304 g/mol. The van der Waals surface area contributed by atoms with Gasteiger partial charge in [0.1, 0.15) is 5.41 Å². The van der Waals surface area contributed by atoms with E-state index >= 15 is 0 Å². The van der Waals surface area contributed by atoms with E-state index in [9.17, 15) is 14.9 Å². The van der Waals surface area contributed by atoms with Crippen molar-refractivity contribution in [2.75, 3.05) is 19.6 Å². The van der Waals surface area contributed by atoms with Crippen molar-refractivity contribution in [2.24, 2.45) is 17.3 Å². The molecule has 0 N–H and O–H groups in total. The first-order valence-corrected chi connectivity index (χ1v) is 8.51. The molecule has 3 aliphatic rings. The predicted molar refractivity (Wildman–Crippen MR) is 85.1 cm³/mol. The molecule has 1 saturated carbocycles. The van der Waals surface area contributed by atoms with Crippen LogP contribution in [0.15, 0.2) is 24.5 Å². The Balaban J connectivity index is 1.44. The quantitative estimate of drug-likeness (QED) is 0.837. The van der Waals surface area contributed by atoms with Crippen molar-refractivity contribution >= 4 is 11.8 Å². The van der Waals surface area contributed by atoms with Crippen molar-refractivity contribution in [3.63, 3.8) is 0 Å². The number of carbonyl (C=O) groups excluding carboxylic acids is 2. The van der Waals surface area contributed by atoms with E-state index in [-0.39, 0.29) is 23.7 Å². The molecule has 24 heavy (non-hydrogen) atoms. The molecular formula is C18H20N4O2. The van der Waals surface area contributed by atoms with Crippen LogP contribution in [0.3, 0.4) is 0 Å². The SMILES string of the molecule is N#CC1(C(=O)N2C[C@@H]3CCN(Cc4cccnc4)C(=O)[C@@H]3C2)CC1. The lowest BCUT2D eigenvalue weighted by Gasteiger charge is -2.33. The molecule has 0 spiro atoms. The summed E-state index contributed by atoms with van der Waals surface area (Å²) in [6.45, 7) is 2.39. The molecule has 2 aliphatic heterocycles. The molecule has 1 aliphatic carbocycles. The number of rotatable bonds is 3. The van der Waals surface area contributed by atoms with Crippen LogP contribution in [0.25, 0.3) is 0 Å². The van der Waals surface area contributed by atoms with Crippen LogP contribution >= 0.6 is 0 Å². The van der Waals surface area contributed by atoms with Crippen LogP contribution in [0.1, 0.15) is 24.8 Å². The maximum Gasteiger partial charge on any atom is 0.243 e. The number of likely N-dealkylation sites (tertiary alicyclic amines) is 2. The van der Waals surface area contributed by atoms with Gasteiger partial charge in [-0.1, -0.05) is 6.07 Å². The number of hydrogen-bond acceptors (Lipinski definition) is 4. The Morgan fingerprint density at radius 3 is 2.92 bits per heavy atom. The summed E-state index contributed by atoms with van der Waals surface area (Å²) < 4.78 is 0. The monoisotopic (exact) mass is 324 g/mol. The van der Waals surface area contributed by atoms with E-state index in [0.717, 1.165) is 18.5 Å². The highest BCUT2D eigenvalue weighted by Gasteiger charge is 2.55. The van der Waals surface area contributed by atoms with E-state index in [0.29, 0.717) is 32.5 Å². The Morgan fingerprint density at radius 2 is 2.25 bits per heavy atom. The molecule has 2 amide bonds. The van der Waals surface area contributed by atoms with Gasteiger partial charge in [0, 0.05) is 38.6 Å². The molecule has 3 fully saturated rings. The average molecular weight is 324 g/mol. The van der Waals surface area contributed by atoms with E-state index in [1.807, 2.05) is 17.0 Å². The van der Waals surface area contributed by atoms with Gasteiger partial charge in [0.25, 0.3) is 0 Å². The largest absolute Gasteiger partial charge is 0.340 e. The lowest BCUT2D eigenvalue weighted by atomic mass is 9.88. The van der Waals surface area contributed by atoms with Crippen molar-refractivity contribution in [1.29, 1.82) is 5.26 Å². The van der Waals surface area contributed by atoms with E-state index in [2.05, 4.69) is 11.1 Å². The van der Waals surface area contributed by atoms with Crippen molar-refractivity contribution in [3.05, 3.63) is 30.1 Å². The first kappa shape index (κ1) is 15.1.